The van der Waals surface area contributed by atoms with E-state index in [1.807, 2.05) is 11.6 Å². The zero-order chi connectivity index (χ0) is 14.5. The second-order valence-corrected chi connectivity index (χ2v) is 6.93. The summed E-state index contributed by atoms with van der Waals surface area (Å²) in [6, 6.07) is 3.04. The van der Waals surface area contributed by atoms with Crippen molar-refractivity contribution < 1.29 is 21.6 Å². The first kappa shape index (κ1) is 16.4. The van der Waals surface area contributed by atoms with Crippen molar-refractivity contribution in [2.24, 2.45) is 0 Å². The summed E-state index contributed by atoms with van der Waals surface area (Å²) in [5.74, 6) is 0. The molecule has 4 nitrogen and oxygen atoms in total. The average Bonchev–Trinajstić information content (AvgIpc) is 2.73. The van der Waals surface area contributed by atoms with E-state index in [1.54, 1.807) is 6.07 Å². The van der Waals surface area contributed by atoms with Crippen LogP contribution in [0.15, 0.2) is 16.3 Å². The minimum Gasteiger partial charge on any atom is -0.312 e. The molecule has 110 valence electrons. The van der Waals surface area contributed by atoms with Crippen molar-refractivity contribution in [3.05, 3.63) is 17.0 Å². The average molecular weight is 316 g/mol. The molecule has 0 unspecified atom stereocenters. The van der Waals surface area contributed by atoms with Gasteiger partial charge < -0.3 is 5.32 Å². The van der Waals surface area contributed by atoms with Crippen molar-refractivity contribution in [3.8, 4) is 0 Å². The number of hydrogen-bond donors (Lipinski definition) is 2. The summed E-state index contributed by atoms with van der Waals surface area (Å²) in [6.07, 6.45) is -5.55. The van der Waals surface area contributed by atoms with Gasteiger partial charge in [0.2, 0.25) is 10.0 Å². The number of sulfonamides is 1. The third-order valence-corrected chi connectivity index (χ3v) is 5.19. The van der Waals surface area contributed by atoms with Crippen LogP contribution >= 0.6 is 11.3 Å². The van der Waals surface area contributed by atoms with E-state index in [2.05, 4.69) is 5.32 Å². The smallest absolute Gasteiger partial charge is 0.312 e. The van der Waals surface area contributed by atoms with Crippen LogP contribution in [0.5, 0.6) is 0 Å². The van der Waals surface area contributed by atoms with Crippen molar-refractivity contribution in [1.82, 2.24) is 10.0 Å². The van der Waals surface area contributed by atoms with Gasteiger partial charge in [-0.2, -0.15) is 13.2 Å². The lowest BCUT2D eigenvalue weighted by atomic mass is 10.4. The molecule has 0 aliphatic carbocycles. The van der Waals surface area contributed by atoms with Crippen LogP contribution in [-0.2, 0) is 16.6 Å². The summed E-state index contributed by atoms with van der Waals surface area (Å²) < 4.78 is 61.2. The van der Waals surface area contributed by atoms with Gasteiger partial charge in [-0.25, -0.2) is 13.1 Å². The van der Waals surface area contributed by atoms with Gasteiger partial charge in [-0.3, -0.25) is 0 Å². The first-order valence-electron chi connectivity index (χ1n) is 5.60. The molecule has 0 amide bonds. The predicted octanol–water partition coefficient (Wildman–Crippen LogP) is 2.09. The van der Waals surface area contributed by atoms with Gasteiger partial charge in [0, 0.05) is 18.0 Å². The highest BCUT2D eigenvalue weighted by Crippen LogP contribution is 2.22. The summed E-state index contributed by atoms with van der Waals surface area (Å²) >= 11 is 1.04. The highest BCUT2D eigenvalue weighted by Gasteiger charge is 2.27. The predicted molar refractivity (Wildman–Crippen MR) is 67.6 cm³/mol. The van der Waals surface area contributed by atoms with Crippen molar-refractivity contribution in [3.63, 3.8) is 0 Å². The van der Waals surface area contributed by atoms with E-state index in [9.17, 15) is 21.6 Å². The van der Waals surface area contributed by atoms with Crippen LogP contribution in [0.1, 0.15) is 18.2 Å². The summed E-state index contributed by atoms with van der Waals surface area (Å²) in [6.45, 7) is 2.57. The molecule has 9 heteroatoms. The monoisotopic (exact) mass is 316 g/mol. The lowest BCUT2D eigenvalue weighted by molar-refractivity contribution is -0.132. The fraction of sp³-hybridized carbons (Fsp3) is 0.600. The fourth-order valence-electron chi connectivity index (χ4n) is 1.24. The molecular weight excluding hydrogens is 301 g/mol. The van der Waals surface area contributed by atoms with Gasteiger partial charge in [0.05, 0.1) is 6.42 Å². The standard InChI is InChI=1S/C10H15F3N2O2S2/c1-2-14-7-8-3-4-9(18-8)19(16,17)15-6-5-10(11,12)13/h3-4,14-15H,2,5-7H2,1H3. The molecule has 0 aromatic carbocycles. The molecule has 0 saturated heterocycles. The number of thiophene rings is 1. The summed E-state index contributed by atoms with van der Waals surface area (Å²) in [5.41, 5.74) is 0. The van der Waals surface area contributed by atoms with Crippen LogP contribution in [0.2, 0.25) is 0 Å². The third kappa shape index (κ3) is 5.89. The third-order valence-electron chi connectivity index (χ3n) is 2.15. The summed E-state index contributed by atoms with van der Waals surface area (Å²) in [4.78, 5) is 0.818. The molecule has 0 saturated carbocycles. The molecule has 2 N–H and O–H groups in total. The minimum atomic E-state index is -4.37. The van der Waals surface area contributed by atoms with E-state index in [1.165, 1.54) is 6.07 Å². The Labute approximate surface area is 114 Å². The Balaban J connectivity index is 2.59. The Bertz CT molecular complexity index is 497. The largest absolute Gasteiger partial charge is 0.390 e. The van der Waals surface area contributed by atoms with Crippen molar-refractivity contribution in [2.75, 3.05) is 13.1 Å². The molecule has 0 fully saturated rings. The molecule has 0 atom stereocenters. The maximum absolute atomic E-state index is 11.9. The molecule has 0 aliphatic rings. The SMILES string of the molecule is CCNCc1ccc(S(=O)(=O)NCCC(F)(F)F)s1. The number of rotatable bonds is 7. The normalized spacial score (nSPS) is 12.8. The van der Waals surface area contributed by atoms with Gasteiger partial charge >= 0.3 is 6.18 Å². The Morgan fingerprint density at radius 1 is 1.32 bits per heavy atom. The number of alkyl halides is 3. The van der Waals surface area contributed by atoms with Gasteiger partial charge in [0.15, 0.2) is 0 Å². The van der Waals surface area contributed by atoms with Gasteiger partial charge in [0.25, 0.3) is 0 Å². The van der Waals surface area contributed by atoms with E-state index >= 15 is 0 Å². The maximum Gasteiger partial charge on any atom is 0.390 e. The second-order valence-electron chi connectivity index (χ2n) is 3.76. The topological polar surface area (TPSA) is 58.2 Å². The molecule has 19 heavy (non-hydrogen) atoms. The summed E-state index contributed by atoms with van der Waals surface area (Å²) in [7, 11) is -3.85. The van der Waals surface area contributed by atoms with Crippen LogP contribution in [0.4, 0.5) is 13.2 Å². The zero-order valence-corrected chi connectivity index (χ0v) is 11.9. The molecule has 1 rings (SSSR count). The zero-order valence-electron chi connectivity index (χ0n) is 10.3. The highest BCUT2D eigenvalue weighted by molar-refractivity contribution is 7.91. The highest BCUT2D eigenvalue weighted by atomic mass is 32.2. The molecule has 1 heterocycles. The van der Waals surface area contributed by atoms with Crippen molar-refractivity contribution in [1.29, 1.82) is 0 Å². The van der Waals surface area contributed by atoms with Crippen LogP contribution in [0.3, 0.4) is 0 Å². The lowest BCUT2D eigenvalue weighted by Crippen LogP contribution is -2.27. The van der Waals surface area contributed by atoms with Crippen LogP contribution in [0.25, 0.3) is 0 Å². The quantitative estimate of drug-likeness (QED) is 0.810. The maximum atomic E-state index is 11.9. The first-order valence-corrected chi connectivity index (χ1v) is 7.90. The van der Waals surface area contributed by atoms with Crippen molar-refractivity contribution >= 4 is 21.4 Å². The van der Waals surface area contributed by atoms with Crippen LogP contribution < -0.4 is 10.0 Å². The van der Waals surface area contributed by atoms with Crippen LogP contribution in [0, 0.1) is 0 Å². The number of nitrogens with one attached hydrogen (secondary N) is 2. The molecule has 0 radical (unpaired) electrons. The Hall–Kier alpha value is -0.640. The summed E-state index contributed by atoms with van der Waals surface area (Å²) in [5, 5.41) is 3.04. The van der Waals surface area contributed by atoms with E-state index in [0.717, 1.165) is 22.8 Å². The van der Waals surface area contributed by atoms with E-state index < -0.39 is 29.2 Å². The second kappa shape index (κ2) is 6.69. The van der Waals surface area contributed by atoms with Crippen LogP contribution in [-0.4, -0.2) is 27.7 Å². The van der Waals surface area contributed by atoms with Gasteiger partial charge in [0.1, 0.15) is 4.21 Å². The lowest BCUT2D eigenvalue weighted by Gasteiger charge is -2.07. The Kier molecular flexibility index (Phi) is 5.78. The van der Waals surface area contributed by atoms with Gasteiger partial charge in [-0.05, 0) is 18.7 Å². The Morgan fingerprint density at radius 3 is 2.58 bits per heavy atom. The first-order chi connectivity index (χ1) is 8.74. The Morgan fingerprint density at radius 2 is 2.00 bits per heavy atom. The number of halogens is 3. The molecule has 0 bridgehead atoms. The van der Waals surface area contributed by atoms with E-state index in [4.69, 9.17) is 0 Å². The molecule has 1 aromatic heterocycles. The molecule has 1 aromatic rings. The minimum absolute atomic E-state index is 0.0302. The van der Waals surface area contributed by atoms with Gasteiger partial charge in [-0.1, -0.05) is 6.92 Å². The molecule has 0 aliphatic heterocycles. The molecular formula is C10H15F3N2O2S2. The van der Waals surface area contributed by atoms with Gasteiger partial charge in [-0.15, -0.1) is 11.3 Å². The van der Waals surface area contributed by atoms with Crippen molar-refractivity contribution in [2.45, 2.75) is 30.3 Å². The molecule has 0 spiro atoms. The number of hydrogen-bond acceptors (Lipinski definition) is 4. The van der Waals surface area contributed by atoms with E-state index in [0.29, 0.717) is 6.54 Å². The fourth-order valence-corrected chi connectivity index (χ4v) is 3.65. The van der Waals surface area contributed by atoms with E-state index in [-0.39, 0.29) is 4.21 Å².